The minimum Gasteiger partial charge on any atom is -0.313 e. The fraction of sp³-hybridized carbons (Fsp3) is 0.438. The van der Waals surface area contributed by atoms with E-state index in [1.807, 2.05) is 7.05 Å². The predicted octanol–water partition coefficient (Wildman–Crippen LogP) is 4.34. The Morgan fingerprint density at radius 3 is 2.71 bits per heavy atom. The number of nitrogens with zero attached hydrogens (tertiary/aromatic N) is 2. The van der Waals surface area contributed by atoms with Gasteiger partial charge in [-0.25, -0.2) is 0 Å². The molecule has 0 amide bonds. The van der Waals surface area contributed by atoms with E-state index in [1.165, 1.54) is 20.5 Å². The number of likely N-dealkylation sites (N-methyl/N-ethyl adjacent to an activating group) is 1. The van der Waals surface area contributed by atoms with Crippen molar-refractivity contribution in [1.29, 1.82) is 0 Å². The summed E-state index contributed by atoms with van der Waals surface area (Å²) in [6.07, 6.45) is 1.93. The molecule has 0 spiro atoms. The number of benzene rings is 1. The van der Waals surface area contributed by atoms with Gasteiger partial charge in [0.2, 0.25) is 0 Å². The van der Waals surface area contributed by atoms with Crippen molar-refractivity contribution in [3.8, 4) is 0 Å². The molecule has 1 N–H and O–H groups in total. The Labute approximate surface area is 148 Å². The Bertz CT molecular complexity index is 610. The van der Waals surface area contributed by atoms with Crippen LogP contribution in [0.5, 0.6) is 0 Å². The highest BCUT2D eigenvalue weighted by atomic mass is 127. The Morgan fingerprint density at radius 2 is 2.10 bits per heavy atom. The molecule has 0 aliphatic rings. The SMILES string of the molecule is CCc1cc(CC(NC)c2cc(Br)ccc2I)n(CC)n1. The third-order valence-electron chi connectivity index (χ3n) is 3.67. The van der Waals surface area contributed by atoms with Gasteiger partial charge in [-0.1, -0.05) is 22.9 Å². The van der Waals surface area contributed by atoms with Crippen LogP contribution in [0.1, 0.15) is 36.8 Å². The summed E-state index contributed by atoms with van der Waals surface area (Å²) in [6, 6.07) is 8.97. The standard InChI is InChI=1S/C16H21BrIN3/c1-4-12-9-13(21(5-2)20-12)10-16(19-3)14-8-11(17)6-7-15(14)18/h6-9,16,19H,4-5,10H2,1-3H3. The van der Waals surface area contributed by atoms with Gasteiger partial charge in [0.1, 0.15) is 0 Å². The van der Waals surface area contributed by atoms with E-state index in [-0.39, 0.29) is 0 Å². The molecular formula is C16H21BrIN3. The highest BCUT2D eigenvalue weighted by molar-refractivity contribution is 14.1. The van der Waals surface area contributed by atoms with Crippen LogP contribution >= 0.6 is 38.5 Å². The summed E-state index contributed by atoms with van der Waals surface area (Å²) in [6.45, 7) is 5.22. The predicted molar refractivity (Wildman–Crippen MR) is 99.6 cm³/mol. The minimum absolute atomic E-state index is 0.293. The maximum Gasteiger partial charge on any atom is 0.0624 e. The van der Waals surface area contributed by atoms with E-state index < -0.39 is 0 Å². The molecule has 1 atom stereocenters. The van der Waals surface area contributed by atoms with Crippen LogP contribution in [0.2, 0.25) is 0 Å². The Kier molecular flexibility index (Phi) is 6.25. The lowest BCUT2D eigenvalue weighted by Crippen LogP contribution is -2.21. The zero-order valence-corrected chi connectivity index (χ0v) is 16.4. The van der Waals surface area contributed by atoms with Crippen LogP contribution in [0.15, 0.2) is 28.7 Å². The van der Waals surface area contributed by atoms with E-state index in [1.54, 1.807) is 0 Å². The van der Waals surface area contributed by atoms with Crippen molar-refractivity contribution >= 4 is 38.5 Å². The van der Waals surface area contributed by atoms with Gasteiger partial charge in [0.05, 0.1) is 5.69 Å². The van der Waals surface area contributed by atoms with Crippen LogP contribution < -0.4 is 5.32 Å². The quantitative estimate of drug-likeness (QED) is 0.648. The lowest BCUT2D eigenvalue weighted by Gasteiger charge is -2.19. The molecule has 0 saturated heterocycles. The molecule has 21 heavy (non-hydrogen) atoms. The largest absolute Gasteiger partial charge is 0.313 e. The summed E-state index contributed by atoms with van der Waals surface area (Å²) in [5.41, 5.74) is 3.80. The van der Waals surface area contributed by atoms with Crippen molar-refractivity contribution in [1.82, 2.24) is 15.1 Å². The van der Waals surface area contributed by atoms with Gasteiger partial charge in [-0.3, -0.25) is 4.68 Å². The summed E-state index contributed by atoms with van der Waals surface area (Å²) in [5, 5.41) is 8.09. The van der Waals surface area contributed by atoms with Gasteiger partial charge in [0.25, 0.3) is 0 Å². The molecule has 0 fully saturated rings. The third kappa shape index (κ3) is 4.07. The van der Waals surface area contributed by atoms with Crippen LogP contribution in [0, 0.1) is 3.57 Å². The molecule has 114 valence electrons. The fourth-order valence-electron chi connectivity index (χ4n) is 2.48. The maximum absolute atomic E-state index is 4.65. The van der Waals surface area contributed by atoms with Crippen molar-refractivity contribution in [3.63, 3.8) is 0 Å². The molecule has 3 nitrogen and oxygen atoms in total. The number of halogens is 2. The van der Waals surface area contributed by atoms with E-state index in [0.717, 1.165) is 23.9 Å². The number of nitrogens with one attached hydrogen (secondary N) is 1. The topological polar surface area (TPSA) is 29.9 Å². The maximum atomic E-state index is 4.65. The van der Waals surface area contributed by atoms with E-state index >= 15 is 0 Å². The van der Waals surface area contributed by atoms with Gasteiger partial charge >= 0.3 is 0 Å². The van der Waals surface area contributed by atoms with E-state index in [0.29, 0.717) is 6.04 Å². The molecule has 1 heterocycles. The second-order valence-electron chi connectivity index (χ2n) is 5.01. The molecule has 5 heteroatoms. The lowest BCUT2D eigenvalue weighted by molar-refractivity contribution is 0.539. The first kappa shape index (κ1) is 17.0. The van der Waals surface area contributed by atoms with Crippen LogP contribution in [-0.2, 0) is 19.4 Å². The summed E-state index contributed by atoms with van der Waals surface area (Å²) in [7, 11) is 2.02. The summed E-state index contributed by atoms with van der Waals surface area (Å²) < 4.78 is 4.53. The van der Waals surface area contributed by atoms with Gasteiger partial charge in [-0.2, -0.15) is 5.10 Å². The van der Waals surface area contributed by atoms with Crippen molar-refractivity contribution in [2.75, 3.05) is 7.05 Å². The van der Waals surface area contributed by atoms with Crippen LogP contribution in [0.4, 0.5) is 0 Å². The Hall–Kier alpha value is -0.400. The number of rotatable bonds is 6. The second-order valence-corrected chi connectivity index (χ2v) is 7.09. The average molecular weight is 462 g/mol. The Balaban J connectivity index is 2.30. The molecule has 0 aliphatic carbocycles. The van der Waals surface area contributed by atoms with Crippen molar-refractivity contribution in [2.24, 2.45) is 0 Å². The molecule has 0 bridgehead atoms. The summed E-state index contributed by atoms with van der Waals surface area (Å²) in [4.78, 5) is 0. The molecule has 0 saturated carbocycles. The Morgan fingerprint density at radius 1 is 1.33 bits per heavy atom. The number of aryl methyl sites for hydroxylation is 2. The molecule has 1 aromatic carbocycles. The summed E-state index contributed by atoms with van der Waals surface area (Å²) >= 11 is 5.98. The van der Waals surface area contributed by atoms with Gasteiger partial charge in [-0.15, -0.1) is 0 Å². The molecule has 2 aromatic rings. The minimum atomic E-state index is 0.293. The third-order valence-corrected chi connectivity index (χ3v) is 5.15. The van der Waals surface area contributed by atoms with E-state index in [9.17, 15) is 0 Å². The average Bonchev–Trinajstić information content (AvgIpc) is 2.89. The molecule has 0 radical (unpaired) electrons. The van der Waals surface area contributed by atoms with Gasteiger partial charge in [0, 0.05) is 32.7 Å². The zero-order valence-electron chi connectivity index (χ0n) is 12.7. The molecule has 0 aliphatic heterocycles. The van der Waals surface area contributed by atoms with Gasteiger partial charge in [-0.05, 0) is 72.8 Å². The number of hydrogen-bond acceptors (Lipinski definition) is 2. The molecule has 1 unspecified atom stereocenters. The number of aromatic nitrogens is 2. The van der Waals surface area contributed by atoms with Crippen molar-refractivity contribution in [3.05, 3.63) is 49.3 Å². The first-order chi connectivity index (χ1) is 10.1. The first-order valence-electron chi connectivity index (χ1n) is 7.26. The van der Waals surface area contributed by atoms with E-state index in [2.05, 4.69) is 91.7 Å². The smallest absolute Gasteiger partial charge is 0.0624 e. The van der Waals surface area contributed by atoms with Crippen molar-refractivity contribution in [2.45, 2.75) is 39.3 Å². The highest BCUT2D eigenvalue weighted by Crippen LogP contribution is 2.26. The fourth-order valence-corrected chi connectivity index (χ4v) is 3.57. The zero-order chi connectivity index (χ0) is 15.4. The summed E-state index contributed by atoms with van der Waals surface area (Å²) in [5.74, 6) is 0. The molecule has 2 rings (SSSR count). The highest BCUT2D eigenvalue weighted by Gasteiger charge is 2.17. The van der Waals surface area contributed by atoms with Gasteiger partial charge < -0.3 is 5.32 Å². The second kappa shape index (κ2) is 7.74. The van der Waals surface area contributed by atoms with E-state index in [4.69, 9.17) is 0 Å². The number of hydrogen-bond donors (Lipinski definition) is 1. The lowest BCUT2D eigenvalue weighted by atomic mass is 10.0. The first-order valence-corrected chi connectivity index (χ1v) is 9.14. The normalized spacial score (nSPS) is 12.6. The van der Waals surface area contributed by atoms with Crippen LogP contribution in [0.25, 0.3) is 0 Å². The van der Waals surface area contributed by atoms with Crippen LogP contribution in [-0.4, -0.2) is 16.8 Å². The van der Waals surface area contributed by atoms with Gasteiger partial charge in [0.15, 0.2) is 0 Å². The molecule has 1 aromatic heterocycles. The monoisotopic (exact) mass is 461 g/mol. The van der Waals surface area contributed by atoms with Crippen LogP contribution in [0.3, 0.4) is 0 Å². The molecular weight excluding hydrogens is 441 g/mol. The van der Waals surface area contributed by atoms with Crippen molar-refractivity contribution < 1.29 is 0 Å².